The number of rotatable bonds is 6. The third-order valence-electron chi connectivity index (χ3n) is 4.39. The molecular weight excluding hydrogens is 336 g/mol. The van der Waals surface area contributed by atoms with Gasteiger partial charge in [0.1, 0.15) is 0 Å². The van der Waals surface area contributed by atoms with Crippen LogP contribution in [0.1, 0.15) is 45.3 Å². The van der Waals surface area contributed by atoms with Crippen molar-refractivity contribution in [1.82, 2.24) is 4.57 Å². The van der Waals surface area contributed by atoms with Crippen molar-refractivity contribution in [3.8, 4) is 0 Å². The highest BCUT2D eigenvalue weighted by Crippen LogP contribution is 2.29. The quantitative estimate of drug-likeness (QED) is 0.674. The molecule has 0 aliphatic heterocycles. The van der Waals surface area contributed by atoms with E-state index in [0.29, 0.717) is 22.7 Å². The van der Waals surface area contributed by atoms with Crippen molar-refractivity contribution < 1.29 is 9.59 Å². The van der Waals surface area contributed by atoms with E-state index in [1.165, 1.54) is 0 Å². The molecule has 25 heavy (non-hydrogen) atoms. The predicted octanol–water partition coefficient (Wildman–Crippen LogP) is 4.21. The number of hydrogen-bond acceptors (Lipinski definition) is 2. The van der Waals surface area contributed by atoms with Crippen molar-refractivity contribution in [2.45, 2.75) is 26.3 Å². The van der Waals surface area contributed by atoms with Crippen molar-refractivity contribution in [3.05, 3.63) is 69.9 Å². The van der Waals surface area contributed by atoms with Gasteiger partial charge in [0, 0.05) is 33.8 Å². The molecule has 0 saturated heterocycles. The number of halogens is 1. The van der Waals surface area contributed by atoms with Gasteiger partial charge in [-0.3, -0.25) is 9.59 Å². The number of primary amides is 1. The van der Waals surface area contributed by atoms with Crippen LogP contribution in [-0.4, -0.2) is 16.8 Å². The smallest absolute Gasteiger partial charge is 0.248 e. The monoisotopic (exact) mass is 354 g/mol. The average Bonchev–Trinajstić information content (AvgIpc) is 2.89. The highest BCUT2D eigenvalue weighted by atomic mass is 35.5. The van der Waals surface area contributed by atoms with E-state index >= 15 is 0 Å². The predicted molar refractivity (Wildman–Crippen MR) is 100 cm³/mol. The molecular formula is C20H19ClN2O2. The van der Waals surface area contributed by atoms with Crippen molar-refractivity contribution in [2.75, 3.05) is 0 Å². The highest BCUT2D eigenvalue weighted by Gasteiger charge is 2.18. The van der Waals surface area contributed by atoms with E-state index in [9.17, 15) is 9.59 Å². The topological polar surface area (TPSA) is 65.1 Å². The Hall–Kier alpha value is -2.59. The second-order valence-corrected chi connectivity index (χ2v) is 6.41. The first-order chi connectivity index (χ1) is 12.1. The van der Waals surface area contributed by atoms with Crippen molar-refractivity contribution in [1.29, 1.82) is 0 Å². The van der Waals surface area contributed by atoms with E-state index < -0.39 is 5.91 Å². The van der Waals surface area contributed by atoms with Gasteiger partial charge < -0.3 is 10.3 Å². The fourth-order valence-corrected chi connectivity index (χ4v) is 3.39. The van der Waals surface area contributed by atoms with E-state index in [2.05, 4.69) is 11.5 Å². The number of aldehydes is 1. The molecule has 0 fully saturated rings. The fraction of sp³-hybridized carbons (Fsp3) is 0.200. The number of carbonyl (C=O) groups excluding carboxylic acids is 2. The van der Waals surface area contributed by atoms with Crippen LogP contribution >= 0.6 is 11.6 Å². The number of amides is 1. The summed E-state index contributed by atoms with van der Waals surface area (Å²) in [5.41, 5.74) is 9.25. The third kappa shape index (κ3) is 3.17. The summed E-state index contributed by atoms with van der Waals surface area (Å²) in [6, 6.07) is 12.8. The summed E-state index contributed by atoms with van der Waals surface area (Å²) in [6.45, 7) is 2.60. The minimum absolute atomic E-state index is 0.422. The van der Waals surface area contributed by atoms with Crippen LogP contribution in [0.3, 0.4) is 0 Å². The Bertz CT molecular complexity index is 960. The number of hydrogen-bond donors (Lipinski definition) is 1. The van der Waals surface area contributed by atoms with E-state index in [1.54, 1.807) is 18.2 Å². The van der Waals surface area contributed by atoms with Crippen LogP contribution in [0.2, 0.25) is 5.02 Å². The van der Waals surface area contributed by atoms with E-state index in [0.717, 1.165) is 41.3 Å². The summed E-state index contributed by atoms with van der Waals surface area (Å²) in [5.74, 6) is -0.489. The maximum absolute atomic E-state index is 11.7. The maximum Gasteiger partial charge on any atom is 0.248 e. The van der Waals surface area contributed by atoms with Gasteiger partial charge in [0.15, 0.2) is 6.29 Å². The lowest BCUT2D eigenvalue weighted by Crippen LogP contribution is -2.11. The van der Waals surface area contributed by atoms with Crippen LogP contribution < -0.4 is 5.73 Å². The first-order valence-electron chi connectivity index (χ1n) is 8.20. The van der Waals surface area contributed by atoms with Crippen LogP contribution in [0, 0.1) is 0 Å². The fourth-order valence-electron chi connectivity index (χ4n) is 3.20. The third-order valence-corrected chi connectivity index (χ3v) is 4.76. The van der Waals surface area contributed by atoms with Gasteiger partial charge in [-0.2, -0.15) is 0 Å². The van der Waals surface area contributed by atoms with Crippen molar-refractivity contribution >= 4 is 34.7 Å². The number of aromatic nitrogens is 1. The molecule has 1 heterocycles. The van der Waals surface area contributed by atoms with Gasteiger partial charge in [-0.05, 0) is 30.2 Å². The Labute approximate surface area is 151 Å². The van der Waals surface area contributed by atoms with E-state index in [1.807, 2.05) is 24.3 Å². The van der Waals surface area contributed by atoms with Gasteiger partial charge in [-0.15, -0.1) is 0 Å². The molecule has 3 rings (SSSR count). The van der Waals surface area contributed by atoms with Gasteiger partial charge >= 0.3 is 0 Å². The lowest BCUT2D eigenvalue weighted by molar-refractivity contribution is 0.1000. The second-order valence-electron chi connectivity index (χ2n) is 6.00. The molecule has 5 heteroatoms. The normalized spacial score (nSPS) is 11.0. The molecule has 4 nitrogen and oxygen atoms in total. The van der Waals surface area contributed by atoms with Crippen LogP contribution in [0.5, 0.6) is 0 Å². The molecule has 0 saturated carbocycles. The molecule has 0 spiro atoms. The Kier molecular flexibility index (Phi) is 4.91. The Balaban J connectivity index is 2.27. The SMILES string of the molecule is CCCc1c(C=O)c2ccc(C(N)=O)cc2n1Cc1ccccc1Cl. The van der Waals surface area contributed by atoms with Crippen molar-refractivity contribution in [2.24, 2.45) is 5.73 Å². The first-order valence-corrected chi connectivity index (χ1v) is 8.58. The van der Waals surface area contributed by atoms with E-state index in [4.69, 9.17) is 17.3 Å². The molecule has 0 radical (unpaired) electrons. The molecule has 128 valence electrons. The lowest BCUT2D eigenvalue weighted by atomic mass is 10.1. The van der Waals surface area contributed by atoms with Gasteiger partial charge in [0.05, 0.1) is 5.52 Å². The number of fused-ring (bicyclic) bond motifs is 1. The Morgan fingerprint density at radius 1 is 1.24 bits per heavy atom. The van der Waals surface area contributed by atoms with Gasteiger partial charge in [0.25, 0.3) is 0 Å². The van der Waals surface area contributed by atoms with Gasteiger partial charge in [-0.1, -0.05) is 49.2 Å². The van der Waals surface area contributed by atoms with Crippen LogP contribution in [-0.2, 0) is 13.0 Å². The van der Waals surface area contributed by atoms with Crippen LogP contribution in [0.15, 0.2) is 42.5 Å². The molecule has 2 N–H and O–H groups in total. The van der Waals surface area contributed by atoms with Gasteiger partial charge in [0.2, 0.25) is 5.91 Å². The summed E-state index contributed by atoms with van der Waals surface area (Å²) < 4.78 is 2.07. The summed E-state index contributed by atoms with van der Waals surface area (Å²) in [7, 11) is 0. The molecule has 0 aliphatic carbocycles. The largest absolute Gasteiger partial charge is 0.366 e. The average molecular weight is 355 g/mol. The molecule has 0 bridgehead atoms. The zero-order chi connectivity index (χ0) is 18.0. The number of benzene rings is 2. The summed E-state index contributed by atoms with van der Waals surface area (Å²) in [4.78, 5) is 23.3. The molecule has 2 aromatic carbocycles. The Morgan fingerprint density at radius 3 is 2.64 bits per heavy atom. The number of nitrogens with zero attached hydrogens (tertiary/aromatic N) is 1. The maximum atomic E-state index is 11.7. The van der Waals surface area contributed by atoms with Crippen LogP contribution in [0.25, 0.3) is 10.9 Å². The zero-order valence-corrected chi connectivity index (χ0v) is 14.7. The highest BCUT2D eigenvalue weighted by molar-refractivity contribution is 6.31. The van der Waals surface area contributed by atoms with Crippen molar-refractivity contribution in [3.63, 3.8) is 0 Å². The number of nitrogens with two attached hydrogens (primary N) is 1. The van der Waals surface area contributed by atoms with E-state index in [-0.39, 0.29) is 0 Å². The molecule has 0 aliphatic rings. The standard InChI is InChI=1S/C20H19ClN2O2/c1-2-5-18-16(12-24)15-9-8-13(20(22)25)10-19(15)23(18)11-14-6-3-4-7-17(14)21/h3-4,6-10,12H,2,5,11H2,1H3,(H2,22,25). The summed E-state index contributed by atoms with van der Waals surface area (Å²) >= 11 is 6.32. The summed E-state index contributed by atoms with van der Waals surface area (Å²) in [6.07, 6.45) is 2.56. The molecule has 1 aromatic heterocycles. The first kappa shape index (κ1) is 17.2. The van der Waals surface area contributed by atoms with Crippen LogP contribution in [0.4, 0.5) is 0 Å². The molecule has 0 unspecified atom stereocenters. The zero-order valence-electron chi connectivity index (χ0n) is 14.0. The minimum Gasteiger partial charge on any atom is -0.366 e. The molecule has 0 atom stereocenters. The second kappa shape index (κ2) is 7.11. The van der Waals surface area contributed by atoms with Gasteiger partial charge in [-0.25, -0.2) is 0 Å². The molecule has 1 amide bonds. The number of carbonyl (C=O) groups is 2. The minimum atomic E-state index is -0.489. The summed E-state index contributed by atoms with van der Waals surface area (Å²) in [5, 5.41) is 1.50. The lowest BCUT2D eigenvalue weighted by Gasteiger charge is -2.12. The Morgan fingerprint density at radius 2 is 2.00 bits per heavy atom. The molecule has 3 aromatic rings.